The molecule has 56 valence electrons. The molecule has 0 aliphatic carbocycles. The third-order valence-corrected chi connectivity index (χ3v) is 2.75. The van der Waals surface area contributed by atoms with Crippen LogP contribution in [0.4, 0.5) is 0 Å². The highest BCUT2D eigenvalue weighted by Crippen LogP contribution is 2.19. The highest BCUT2D eigenvalue weighted by atomic mass is 32.2. The molecule has 2 rings (SSSR count). The standard InChI is InChI=1S/C5H8N2O2S/c8-5-4-3-10-2-1-7(4)6-9-5/h4-5H,1-3H2. The van der Waals surface area contributed by atoms with Gasteiger partial charge in [0.1, 0.15) is 6.29 Å². The largest absolute Gasteiger partial charge is 0.814 e. The summed E-state index contributed by atoms with van der Waals surface area (Å²) < 4.78 is 1.76. The zero-order chi connectivity index (χ0) is 6.97. The fourth-order valence-corrected chi connectivity index (χ4v) is 2.17. The fraction of sp³-hybridized carbons (Fsp3) is 1.00. The first-order chi connectivity index (χ1) is 4.88. The molecule has 0 aromatic heterocycles. The Bertz CT molecular complexity index is 173. The van der Waals surface area contributed by atoms with Crippen LogP contribution in [0, 0.1) is 0 Å². The van der Waals surface area contributed by atoms with Crippen molar-refractivity contribution in [1.82, 2.24) is 0 Å². The van der Waals surface area contributed by atoms with Crippen molar-refractivity contribution < 1.29 is 14.6 Å². The maximum atomic E-state index is 10.9. The second-order valence-corrected chi connectivity index (χ2v) is 3.51. The quantitative estimate of drug-likeness (QED) is 0.436. The molecule has 0 aromatic carbocycles. The highest BCUT2D eigenvalue weighted by molar-refractivity contribution is 7.99. The molecule has 0 radical (unpaired) electrons. The molecule has 2 heterocycles. The third-order valence-electron chi connectivity index (χ3n) is 1.71. The van der Waals surface area contributed by atoms with Gasteiger partial charge >= 0.3 is 0 Å². The van der Waals surface area contributed by atoms with Gasteiger partial charge in [-0.2, -0.15) is 0 Å². The predicted octanol–water partition coefficient (Wildman–Crippen LogP) is -0.802. The van der Waals surface area contributed by atoms with Gasteiger partial charge in [-0.3, -0.25) is 0 Å². The highest BCUT2D eigenvalue weighted by Gasteiger charge is 2.36. The topological polar surface area (TPSA) is 47.7 Å². The normalized spacial score (nSPS) is 38.3. The molecule has 0 aromatic rings. The number of thioether (sulfide) groups is 1. The van der Waals surface area contributed by atoms with E-state index in [-0.39, 0.29) is 6.04 Å². The molecule has 0 amide bonds. The second kappa shape index (κ2) is 2.39. The van der Waals surface area contributed by atoms with Crippen LogP contribution in [-0.2, 0) is 4.84 Å². The molecule has 2 atom stereocenters. The van der Waals surface area contributed by atoms with Crippen molar-refractivity contribution in [3.8, 4) is 0 Å². The summed E-state index contributed by atoms with van der Waals surface area (Å²) in [6, 6.07) is -0.0150. The molecule has 2 unspecified atom stereocenters. The van der Waals surface area contributed by atoms with Gasteiger partial charge in [0.05, 0.1) is 11.5 Å². The van der Waals surface area contributed by atoms with Crippen LogP contribution in [0.5, 0.6) is 0 Å². The van der Waals surface area contributed by atoms with E-state index in [1.165, 1.54) is 0 Å². The maximum absolute atomic E-state index is 10.9. The first kappa shape index (κ1) is 6.42. The molecular formula is C5H8N2O2S. The minimum atomic E-state index is -0.951. The average Bonchev–Trinajstić information content (AvgIpc) is 2.34. The van der Waals surface area contributed by atoms with E-state index < -0.39 is 6.29 Å². The maximum Gasteiger partial charge on any atom is 0.215 e. The lowest BCUT2D eigenvalue weighted by molar-refractivity contribution is -0.631. The Morgan fingerprint density at radius 1 is 1.70 bits per heavy atom. The molecule has 1 fully saturated rings. The third kappa shape index (κ3) is 0.894. The van der Waals surface area contributed by atoms with E-state index in [1.54, 1.807) is 16.5 Å². The molecule has 1 saturated heterocycles. The first-order valence-electron chi connectivity index (χ1n) is 3.25. The molecule has 0 bridgehead atoms. The minimum absolute atomic E-state index is 0.0150. The van der Waals surface area contributed by atoms with Crippen molar-refractivity contribution in [3.63, 3.8) is 0 Å². The molecule has 0 saturated carbocycles. The summed E-state index contributed by atoms with van der Waals surface area (Å²) in [5, 5.41) is 14.6. The molecule has 10 heavy (non-hydrogen) atoms. The van der Waals surface area contributed by atoms with Gasteiger partial charge in [-0.15, -0.1) is 11.8 Å². The van der Waals surface area contributed by atoms with Crippen molar-refractivity contribution in [2.24, 2.45) is 5.28 Å². The van der Waals surface area contributed by atoms with Crippen LogP contribution in [0.2, 0.25) is 0 Å². The van der Waals surface area contributed by atoms with Crippen molar-refractivity contribution in [1.29, 1.82) is 0 Å². The lowest BCUT2D eigenvalue weighted by Crippen LogP contribution is -2.45. The lowest BCUT2D eigenvalue weighted by atomic mass is 10.3. The zero-order valence-corrected chi connectivity index (χ0v) is 6.21. The number of rotatable bonds is 0. The van der Waals surface area contributed by atoms with Crippen molar-refractivity contribution in [2.75, 3.05) is 18.1 Å². The van der Waals surface area contributed by atoms with Crippen molar-refractivity contribution >= 4 is 11.8 Å². The van der Waals surface area contributed by atoms with Crippen LogP contribution in [0.3, 0.4) is 0 Å². The van der Waals surface area contributed by atoms with Crippen LogP contribution in [0.15, 0.2) is 5.28 Å². The Morgan fingerprint density at radius 2 is 2.60 bits per heavy atom. The van der Waals surface area contributed by atoms with E-state index in [2.05, 4.69) is 10.1 Å². The van der Waals surface area contributed by atoms with E-state index in [0.29, 0.717) is 0 Å². The van der Waals surface area contributed by atoms with Crippen LogP contribution in [0.25, 0.3) is 0 Å². The van der Waals surface area contributed by atoms with Crippen molar-refractivity contribution in [2.45, 2.75) is 12.3 Å². The summed E-state index contributed by atoms with van der Waals surface area (Å²) in [7, 11) is 0. The summed E-state index contributed by atoms with van der Waals surface area (Å²) in [5.74, 6) is 1.91. The summed E-state index contributed by atoms with van der Waals surface area (Å²) in [5.41, 5.74) is 0. The molecule has 2 aliphatic rings. The van der Waals surface area contributed by atoms with Crippen LogP contribution >= 0.6 is 11.8 Å². The average molecular weight is 160 g/mol. The van der Waals surface area contributed by atoms with E-state index >= 15 is 0 Å². The van der Waals surface area contributed by atoms with Crippen molar-refractivity contribution in [3.05, 3.63) is 0 Å². The summed E-state index contributed by atoms with van der Waals surface area (Å²) >= 11 is 1.79. The number of hydrogen-bond acceptors (Lipinski definition) is 4. The smallest absolute Gasteiger partial charge is 0.215 e. The van der Waals surface area contributed by atoms with Gasteiger partial charge in [0.15, 0.2) is 11.8 Å². The number of nitrogens with zero attached hydrogens (tertiary/aromatic N) is 2. The number of fused-ring (bicyclic) bond motifs is 1. The number of hydrogen-bond donors (Lipinski definition) is 0. The van der Waals surface area contributed by atoms with Crippen LogP contribution in [-0.4, -0.2) is 35.1 Å². The van der Waals surface area contributed by atoms with E-state index in [9.17, 15) is 5.11 Å². The molecule has 0 spiro atoms. The monoisotopic (exact) mass is 160 g/mol. The summed E-state index contributed by atoms with van der Waals surface area (Å²) in [6.07, 6.45) is -0.951. The SMILES string of the molecule is [O-]C1ON=[N+]2CCSCC12. The van der Waals surface area contributed by atoms with Gasteiger partial charge in [0, 0.05) is 0 Å². The summed E-state index contributed by atoms with van der Waals surface area (Å²) in [6.45, 7) is 0.855. The fourth-order valence-electron chi connectivity index (χ4n) is 1.11. The Balaban J connectivity index is 2.11. The van der Waals surface area contributed by atoms with E-state index in [1.807, 2.05) is 0 Å². The zero-order valence-electron chi connectivity index (χ0n) is 5.40. The minimum Gasteiger partial charge on any atom is -0.814 e. The molecule has 4 nitrogen and oxygen atoms in total. The van der Waals surface area contributed by atoms with E-state index in [4.69, 9.17) is 0 Å². The van der Waals surface area contributed by atoms with Gasteiger partial charge in [-0.1, -0.05) is 4.70 Å². The lowest BCUT2D eigenvalue weighted by Gasteiger charge is -2.18. The van der Waals surface area contributed by atoms with Gasteiger partial charge in [0.25, 0.3) is 0 Å². The Labute approximate surface area is 62.8 Å². The summed E-state index contributed by atoms with van der Waals surface area (Å²) in [4.78, 5) is 4.58. The Morgan fingerprint density at radius 3 is 3.40 bits per heavy atom. The first-order valence-corrected chi connectivity index (χ1v) is 4.40. The molecule has 5 heteroatoms. The Hall–Kier alpha value is -0.290. The second-order valence-electron chi connectivity index (χ2n) is 2.36. The van der Waals surface area contributed by atoms with Crippen LogP contribution in [0.1, 0.15) is 0 Å². The Kier molecular flexibility index (Phi) is 1.54. The van der Waals surface area contributed by atoms with Gasteiger partial charge in [-0.05, 0) is 0 Å². The molecular weight excluding hydrogens is 152 g/mol. The van der Waals surface area contributed by atoms with Gasteiger partial charge < -0.3 is 9.94 Å². The van der Waals surface area contributed by atoms with E-state index in [0.717, 1.165) is 18.1 Å². The molecule has 0 N–H and O–H groups in total. The van der Waals surface area contributed by atoms with Crippen LogP contribution < -0.4 is 5.11 Å². The van der Waals surface area contributed by atoms with Gasteiger partial charge in [0.2, 0.25) is 6.04 Å². The van der Waals surface area contributed by atoms with Gasteiger partial charge in [-0.25, -0.2) is 0 Å². The predicted molar refractivity (Wildman–Crippen MR) is 33.5 cm³/mol. The molecule has 2 aliphatic heterocycles.